The largest absolute Gasteiger partial charge is 0.631 e. The summed E-state index contributed by atoms with van der Waals surface area (Å²) < 4.78 is 8.89. The first kappa shape index (κ1) is 18.0. The zero-order valence-corrected chi connectivity index (χ0v) is 10.1. The molecule has 2 aliphatic heterocycles. The topological polar surface area (TPSA) is 160 Å². The Hall–Kier alpha value is -1.98. The van der Waals surface area contributed by atoms with Crippen molar-refractivity contribution in [2.45, 2.75) is 12.6 Å². The van der Waals surface area contributed by atoms with Gasteiger partial charge in [-0.15, -0.1) is 0 Å². The number of aliphatic hydroxyl groups excluding tert-OH is 4. The Kier molecular flexibility index (Phi) is 8.91. The molecule has 0 spiro atoms. The minimum absolute atomic E-state index is 0.160. The van der Waals surface area contributed by atoms with Gasteiger partial charge in [0.05, 0.1) is 12.5 Å². The van der Waals surface area contributed by atoms with E-state index in [2.05, 4.69) is 9.47 Å². The standard InChI is InChI=1S/2C5H6O3.BH3O3/c2*6-4-2-1-3-8-5(4)7;2-1(3)4/h2*1-3,5-7H;2-4H. The van der Waals surface area contributed by atoms with E-state index in [4.69, 9.17) is 35.5 Å². The van der Waals surface area contributed by atoms with Gasteiger partial charge in [-0.3, -0.25) is 0 Å². The number of rotatable bonds is 0. The average molecular weight is 290 g/mol. The Morgan fingerprint density at radius 2 is 1.10 bits per heavy atom. The third kappa shape index (κ3) is 9.02. The van der Waals surface area contributed by atoms with Gasteiger partial charge in [-0.25, -0.2) is 0 Å². The van der Waals surface area contributed by atoms with Crippen LogP contribution in [0.4, 0.5) is 0 Å². The van der Waals surface area contributed by atoms with Gasteiger partial charge in [-0.1, -0.05) is 0 Å². The molecule has 2 unspecified atom stereocenters. The van der Waals surface area contributed by atoms with Crippen LogP contribution < -0.4 is 0 Å². The van der Waals surface area contributed by atoms with Crippen molar-refractivity contribution in [2.75, 3.05) is 0 Å². The molecule has 10 heteroatoms. The van der Waals surface area contributed by atoms with Gasteiger partial charge < -0.3 is 45.0 Å². The Labute approximate surface area is 114 Å². The molecule has 7 N–H and O–H groups in total. The highest BCUT2D eigenvalue weighted by Gasteiger charge is 2.09. The van der Waals surface area contributed by atoms with Crippen LogP contribution in [0.15, 0.2) is 48.3 Å². The van der Waals surface area contributed by atoms with Crippen LogP contribution in [0.1, 0.15) is 0 Å². The molecule has 0 aromatic carbocycles. The molecule has 0 saturated heterocycles. The molecule has 2 heterocycles. The fourth-order valence-corrected chi connectivity index (χ4v) is 0.819. The van der Waals surface area contributed by atoms with Gasteiger partial charge in [0.1, 0.15) is 0 Å². The first-order valence-electron chi connectivity index (χ1n) is 5.17. The van der Waals surface area contributed by atoms with Gasteiger partial charge in [0, 0.05) is 0 Å². The summed E-state index contributed by atoms with van der Waals surface area (Å²) in [5.74, 6) is -0.319. The molecule has 2 rings (SSSR count). The van der Waals surface area contributed by atoms with Gasteiger partial charge >= 0.3 is 7.32 Å². The van der Waals surface area contributed by atoms with Crippen LogP contribution in [0.2, 0.25) is 0 Å². The first-order valence-corrected chi connectivity index (χ1v) is 5.17. The predicted octanol–water partition coefficient (Wildman–Crippen LogP) is -1.47. The van der Waals surface area contributed by atoms with Gasteiger partial charge in [-0.2, -0.15) is 0 Å². The highest BCUT2D eigenvalue weighted by molar-refractivity contribution is 6.30. The molecule has 0 aromatic heterocycles. The van der Waals surface area contributed by atoms with E-state index < -0.39 is 19.9 Å². The van der Waals surface area contributed by atoms with Gasteiger partial charge in [-0.05, 0) is 24.3 Å². The lowest BCUT2D eigenvalue weighted by Crippen LogP contribution is -2.13. The first-order chi connectivity index (χ1) is 9.34. The second kappa shape index (κ2) is 9.89. The maximum atomic E-state index is 8.61. The van der Waals surface area contributed by atoms with Crippen molar-refractivity contribution < 1.29 is 45.0 Å². The summed E-state index contributed by atoms with van der Waals surface area (Å²) in [7, 11) is -2.17. The molecular formula is C10H15BO9. The molecule has 9 nitrogen and oxygen atoms in total. The summed E-state index contributed by atoms with van der Waals surface area (Å²) in [5.41, 5.74) is 0. The monoisotopic (exact) mass is 290 g/mol. The lowest BCUT2D eigenvalue weighted by molar-refractivity contribution is -0.0508. The van der Waals surface area contributed by atoms with Crippen molar-refractivity contribution in [3.63, 3.8) is 0 Å². The van der Waals surface area contributed by atoms with Crippen LogP contribution >= 0.6 is 0 Å². The lowest BCUT2D eigenvalue weighted by atomic mass is 10.3. The second-order valence-corrected chi connectivity index (χ2v) is 3.16. The quantitative estimate of drug-likeness (QED) is 0.264. The SMILES string of the molecule is OB(O)O.OC1=CC=COC1O.OC1=CC=COC1O. The average Bonchev–Trinajstić information content (AvgIpc) is 2.37. The molecule has 0 amide bonds. The van der Waals surface area contributed by atoms with E-state index in [0.717, 1.165) is 0 Å². The molecule has 112 valence electrons. The Balaban J connectivity index is 0.000000289. The van der Waals surface area contributed by atoms with Crippen LogP contribution in [0.3, 0.4) is 0 Å². The minimum atomic E-state index is -2.17. The number of allylic oxidation sites excluding steroid dienone is 4. The molecule has 0 bridgehead atoms. The Bertz CT molecular complexity index is 351. The van der Waals surface area contributed by atoms with Crippen molar-refractivity contribution in [1.29, 1.82) is 0 Å². The van der Waals surface area contributed by atoms with Crippen LogP contribution in [-0.2, 0) is 9.47 Å². The van der Waals surface area contributed by atoms with E-state index >= 15 is 0 Å². The van der Waals surface area contributed by atoms with Crippen molar-refractivity contribution in [2.24, 2.45) is 0 Å². The molecule has 0 fully saturated rings. The highest BCUT2D eigenvalue weighted by Crippen LogP contribution is 2.05. The molecular weight excluding hydrogens is 275 g/mol. The zero-order valence-electron chi connectivity index (χ0n) is 10.1. The van der Waals surface area contributed by atoms with Gasteiger partial charge in [0.2, 0.25) is 0 Å². The van der Waals surface area contributed by atoms with Crippen molar-refractivity contribution >= 4 is 7.32 Å². The van der Waals surface area contributed by atoms with E-state index in [9.17, 15) is 0 Å². The van der Waals surface area contributed by atoms with Crippen molar-refractivity contribution in [3.8, 4) is 0 Å². The van der Waals surface area contributed by atoms with E-state index in [1.54, 1.807) is 0 Å². The van der Waals surface area contributed by atoms with Crippen LogP contribution in [0.5, 0.6) is 0 Å². The summed E-state index contributed by atoms with van der Waals surface area (Å²) in [5, 5.41) is 55.9. The fourth-order valence-electron chi connectivity index (χ4n) is 0.819. The van der Waals surface area contributed by atoms with Crippen molar-refractivity contribution in [1.82, 2.24) is 0 Å². The molecule has 2 atom stereocenters. The summed E-state index contributed by atoms with van der Waals surface area (Å²) in [4.78, 5) is 0. The predicted molar refractivity (Wildman–Crippen MR) is 66.3 cm³/mol. The smallest absolute Gasteiger partial charge is 0.506 e. The number of hydrogen-bond acceptors (Lipinski definition) is 9. The third-order valence-electron chi connectivity index (χ3n) is 1.61. The summed E-state index contributed by atoms with van der Waals surface area (Å²) in [6.07, 6.45) is 6.03. The fraction of sp³-hybridized carbons (Fsp3) is 0.200. The van der Waals surface area contributed by atoms with Crippen molar-refractivity contribution in [3.05, 3.63) is 48.3 Å². The van der Waals surface area contributed by atoms with Crippen LogP contribution in [0.25, 0.3) is 0 Å². The third-order valence-corrected chi connectivity index (χ3v) is 1.61. The molecule has 0 saturated carbocycles. The van der Waals surface area contributed by atoms with E-state index in [0.29, 0.717) is 0 Å². The number of aliphatic hydroxyl groups is 4. The van der Waals surface area contributed by atoms with Crippen LogP contribution in [0, 0.1) is 0 Å². The molecule has 0 aliphatic carbocycles. The van der Waals surface area contributed by atoms with E-state index in [-0.39, 0.29) is 11.5 Å². The molecule has 2 aliphatic rings. The zero-order chi connectivity index (χ0) is 15.5. The number of ether oxygens (including phenoxy) is 2. The number of hydrogen-bond donors (Lipinski definition) is 7. The molecule has 0 radical (unpaired) electrons. The Morgan fingerprint density at radius 3 is 1.25 bits per heavy atom. The maximum Gasteiger partial charge on any atom is 0.631 e. The summed E-state index contributed by atoms with van der Waals surface area (Å²) in [6.45, 7) is 0. The van der Waals surface area contributed by atoms with E-state index in [1.807, 2.05) is 0 Å². The summed E-state index contributed by atoms with van der Waals surface area (Å²) in [6, 6.07) is 0. The van der Waals surface area contributed by atoms with Crippen LogP contribution in [-0.4, -0.2) is 55.4 Å². The van der Waals surface area contributed by atoms with Gasteiger partial charge in [0.25, 0.3) is 12.6 Å². The Morgan fingerprint density at radius 1 is 0.800 bits per heavy atom. The molecule has 0 aromatic rings. The van der Waals surface area contributed by atoms with E-state index in [1.165, 1.54) is 36.8 Å². The second-order valence-electron chi connectivity index (χ2n) is 3.16. The minimum Gasteiger partial charge on any atom is -0.506 e. The summed E-state index contributed by atoms with van der Waals surface area (Å²) >= 11 is 0. The normalized spacial score (nSPS) is 22.6. The maximum absolute atomic E-state index is 8.61. The van der Waals surface area contributed by atoms with Gasteiger partial charge in [0.15, 0.2) is 11.5 Å². The lowest BCUT2D eigenvalue weighted by Gasteiger charge is -2.10. The highest BCUT2D eigenvalue weighted by atomic mass is 16.6. The molecule has 20 heavy (non-hydrogen) atoms.